The number of primary sulfonamides is 1. The van der Waals surface area contributed by atoms with Gasteiger partial charge in [0.15, 0.2) is 0 Å². The van der Waals surface area contributed by atoms with Gasteiger partial charge in [-0.3, -0.25) is 4.79 Å². The van der Waals surface area contributed by atoms with Gasteiger partial charge in [-0.2, -0.15) is 8.78 Å². The lowest BCUT2D eigenvalue weighted by Gasteiger charge is -2.15. The van der Waals surface area contributed by atoms with Crippen LogP contribution in [-0.2, 0) is 10.0 Å². The van der Waals surface area contributed by atoms with E-state index in [-0.39, 0.29) is 0 Å². The number of hydrogen-bond acceptors (Lipinski definition) is 3. The molecule has 11 heteroatoms. The predicted octanol–water partition coefficient (Wildman–Crippen LogP) is 0.292. The second-order valence-electron chi connectivity index (χ2n) is 3.54. The van der Waals surface area contributed by atoms with Gasteiger partial charge in [-0.1, -0.05) is 0 Å². The van der Waals surface area contributed by atoms with Crippen molar-refractivity contribution < 1.29 is 30.8 Å². The van der Waals surface area contributed by atoms with Gasteiger partial charge in [0, 0.05) is 6.20 Å². The molecule has 1 heterocycles. The number of halogens is 4. The molecule has 1 rings (SSSR count). The van der Waals surface area contributed by atoms with E-state index in [1.54, 1.807) is 5.32 Å². The first-order chi connectivity index (χ1) is 8.54. The fraction of sp³-hybridized carbons (Fsp3) is 0.375. The third-order valence-corrected chi connectivity index (χ3v) is 2.93. The summed E-state index contributed by atoms with van der Waals surface area (Å²) >= 11 is 0. The van der Waals surface area contributed by atoms with Crippen molar-refractivity contribution in [3.05, 3.63) is 18.0 Å². The quantitative estimate of drug-likeness (QED) is 0.681. The van der Waals surface area contributed by atoms with Crippen LogP contribution in [0.15, 0.2) is 17.2 Å². The maximum absolute atomic E-state index is 12.5. The van der Waals surface area contributed by atoms with Crippen LogP contribution in [0, 0.1) is 0 Å². The Morgan fingerprint density at radius 2 is 2.05 bits per heavy atom. The first-order valence-corrected chi connectivity index (χ1v) is 6.24. The number of aromatic nitrogens is 1. The van der Waals surface area contributed by atoms with Gasteiger partial charge in [-0.05, 0) is 6.07 Å². The summed E-state index contributed by atoms with van der Waals surface area (Å²) < 4.78 is 70.5. The highest BCUT2D eigenvalue weighted by atomic mass is 32.2. The van der Waals surface area contributed by atoms with Crippen molar-refractivity contribution in [2.45, 2.75) is 17.2 Å². The third kappa shape index (κ3) is 3.92. The first kappa shape index (κ1) is 15.4. The van der Waals surface area contributed by atoms with Gasteiger partial charge >= 0.3 is 12.3 Å². The average Bonchev–Trinajstić information content (AvgIpc) is 2.74. The molecular formula is C8H9F4N3O3S. The van der Waals surface area contributed by atoms with E-state index < -0.39 is 45.4 Å². The van der Waals surface area contributed by atoms with E-state index in [2.05, 4.69) is 4.98 Å². The van der Waals surface area contributed by atoms with E-state index in [4.69, 9.17) is 5.14 Å². The van der Waals surface area contributed by atoms with Gasteiger partial charge in [-0.15, -0.1) is 0 Å². The zero-order valence-corrected chi connectivity index (χ0v) is 9.98. The van der Waals surface area contributed by atoms with Crippen LogP contribution in [0.3, 0.4) is 0 Å². The van der Waals surface area contributed by atoms with E-state index in [1.807, 2.05) is 0 Å². The first-order valence-electron chi connectivity index (χ1n) is 4.69. The van der Waals surface area contributed by atoms with Crippen molar-refractivity contribution in [1.82, 2.24) is 10.3 Å². The van der Waals surface area contributed by atoms with Crippen LogP contribution < -0.4 is 10.5 Å². The molecule has 1 amide bonds. The number of sulfonamides is 1. The lowest BCUT2D eigenvalue weighted by molar-refractivity contribution is -0.123. The molecule has 1 aromatic rings. The minimum atomic E-state index is -4.37. The van der Waals surface area contributed by atoms with Crippen LogP contribution >= 0.6 is 0 Å². The summed E-state index contributed by atoms with van der Waals surface area (Å²) in [5.41, 5.74) is -0.394. The maximum atomic E-state index is 12.5. The van der Waals surface area contributed by atoms with Crippen molar-refractivity contribution in [3.8, 4) is 0 Å². The van der Waals surface area contributed by atoms with Crippen LogP contribution in [0.1, 0.15) is 10.5 Å². The lowest BCUT2D eigenvalue weighted by atomic mass is 10.3. The molecule has 0 aliphatic carbocycles. The molecule has 1 aromatic heterocycles. The summed E-state index contributed by atoms with van der Waals surface area (Å²) in [6, 6.07) is 0.797. The second kappa shape index (κ2) is 5.17. The molecule has 0 spiro atoms. The smallest absolute Gasteiger partial charge is 0.324 e. The Hall–Kier alpha value is -1.62. The lowest BCUT2D eigenvalue weighted by Crippen LogP contribution is -2.41. The SMILES string of the molecule is NS(=O)(=O)c1c[nH]c(C(=O)NCC(F)(F)C(F)F)c1. The molecular weight excluding hydrogens is 294 g/mol. The van der Waals surface area contributed by atoms with Crippen LogP contribution in [0.25, 0.3) is 0 Å². The standard InChI is InChI=1S/C8H9F4N3O3S/c9-7(10)8(11,12)3-15-6(16)5-1-4(2-14-5)19(13,17)18/h1-2,7,14H,3H2,(H,15,16)(H2,13,17,18). The number of nitrogens with two attached hydrogens (primary N) is 1. The maximum Gasteiger partial charge on any atom is 0.324 e. The minimum Gasteiger partial charge on any atom is -0.356 e. The number of amides is 1. The highest BCUT2D eigenvalue weighted by molar-refractivity contribution is 7.89. The number of rotatable bonds is 5. The van der Waals surface area contributed by atoms with E-state index in [9.17, 15) is 30.8 Å². The van der Waals surface area contributed by atoms with Crippen molar-refractivity contribution in [3.63, 3.8) is 0 Å². The molecule has 19 heavy (non-hydrogen) atoms. The summed E-state index contributed by atoms with van der Waals surface area (Å²) in [7, 11) is -4.05. The Morgan fingerprint density at radius 3 is 2.47 bits per heavy atom. The van der Waals surface area contributed by atoms with Crippen LogP contribution in [0.5, 0.6) is 0 Å². The van der Waals surface area contributed by atoms with Gasteiger partial charge in [0.2, 0.25) is 10.0 Å². The molecule has 0 unspecified atom stereocenters. The number of alkyl halides is 4. The topological polar surface area (TPSA) is 105 Å². The zero-order valence-electron chi connectivity index (χ0n) is 9.16. The molecule has 0 saturated carbocycles. The largest absolute Gasteiger partial charge is 0.356 e. The molecule has 0 aliphatic rings. The van der Waals surface area contributed by atoms with E-state index in [1.165, 1.54) is 0 Å². The Morgan fingerprint density at radius 1 is 1.47 bits per heavy atom. The van der Waals surface area contributed by atoms with Gasteiger partial charge in [0.05, 0.1) is 11.4 Å². The van der Waals surface area contributed by atoms with Gasteiger partial charge < -0.3 is 10.3 Å². The number of nitrogens with one attached hydrogen (secondary N) is 2. The van der Waals surface area contributed by atoms with Crippen LogP contribution in [-0.4, -0.2) is 38.2 Å². The zero-order chi connectivity index (χ0) is 14.8. The van der Waals surface area contributed by atoms with Gasteiger partial charge in [0.1, 0.15) is 5.69 Å². The van der Waals surface area contributed by atoms with E-state index in [0.717, 1.165) is 12.3 Å². The van der Waals surface area contributed by atoms with Crippen molar-refractivity contribution in [2.75, 3.05) is 6.54 Å². The molecule has 0 bridgehead atoms. The Kier molecular flexibility index (Phi) is 4.20. The number of carbonyl (C=O) groups excluding carboxylic acids is 1. The third-order valence-electron chi connectivity index (χ3n) is 2.03. The molecule has 0 fully saturated rings. The molecule has 0 saturated heterocycles. The number of aromatic amines is 1. The van der Waals surface area contributed by atoms with Crippen LogP contribution in [0.2, 0.25) is 0 Å². The van der Waals surface area contributed by atoms with E-state index >= 15 is 0 Å². The summed E-state index contributed by atoms with van der Waals surface area (Å²) in [6.07, 6.45) is -3.05. The Balaban J connectivity index is 2.73. The number of carbonyl (C=O) groups is 1. The van der Waals surface area contributed by atoms with Crippen molar-refractivity contribution >= 4 is 15.9 Å². The Bertz CT molecular complexity index is 570. The number of hydrogen-bond donors (Lipinski definition) is 3. The monoisotopic (exact) mass is 303 g/mol. The summed E-state index contributed by atoms with van der Waals surface area (Å²) in [6.45, 7) is -1.58. The van der Waals surface area contributed by atoms with E-state index in [0.29, 0.717) is 0 Å². The predicted molar refractivity (Wildman–Crippen MR) is 55.5 cm³/mol. The highest BCUT2D eigenvalue weighted by Crippen LogP contribution is 2.21. The second-order valence-corrected chi connectivity index (χ2v) is 5.10. The van der Waals surface area contributed by atoms with Gasteiger partial charge in [0.25, 0.3) is 5.91 Å². The molecule has 108 valence electrons. The Labute approximate surface area is 105 Å². The van der Waals surface area contributed by atoms with Crippen LogP contribution in [0.4, 0.5) is 17.6 Å². The van der Waals surface area contributed by atoms with Gasteiger partial charge in [-0.25, -0.2) is 22.3 Å². The summed E-state index contributed by atoms with van der Waals surface area (Å²) in [5.74, 6) is -5.53. The normalized spacial score (nSPS) is 12.7. The van der Waals surface area contributed by atoms with Crippen molar-refractivity contribution in [1.29, 1.82) is 0 Å². The highest BCUT2D eigenvalue weighted by Gasteiger charge is 2.40. The molecule has 4 N–H and O–H groups in total. The molecule has 6 nitrogen and oxygen atoms in total. The fourth-order valence-electron chi connectivity index (χ4n) is 1.04. The molecule has 0 aliphatic heterocycles. The molecule has 0 aromatic carbocycles. The molecule has 0 radical (unpaired) electrons. The summed E-state index contributed by atoms with van der Waals surface area (Å²) in [4.78, 5) is 13.0. The summed E-state index contributed by atoms with van der Waals surface area (Å²) in [5, 5.41) is 6.30. The fourth-order valence-corrected chi connectivity index (χ4v) is 1.55. The number of H-pyrrole nitrogens is 1. The van der Waals surface area contributed by atoms with Crippen molar-refractivity contribution in [2.24, 2.45) is 5.14 Å². The minimum absolute atomic E-state index is 0.394. The molecule has 0 atom stereocenters. The average molecular weight is 303 g/mol.